The van der Waals surface area contributed by atoms with Crippen molar-refractivity contribution in [2.75, 3.05) is 5.32 Å². The highest BCUT2D eigenvalue weighted by atomic mass is 16.1. The number of fused-ring (bicyclic) bond motifs is 1. The van der Waals surface area contributed by atoms with Crippen LogP contribution >= 0.6 is 0 Å². The van der Waals surface area contributed by atoms with E-state index in [9.17, 15) is 4.79 Å². The van der Waals surface area contributed by atoms with Crippen LogP contribution in [-0.4, -0.2) is 30.9 Å². The van der Waals surface area contributed by atoms with Crippen LogP contribution in [0, 0.1) is 0 Å². The predicted octanol–water partition coefficient (Wildman–Crippen LogP) is 3.13. The number of H-pyrrole nitrogens is 1. The van der Waals surface area contributed by atoms with Gasteiger partial charge in [-0.3, -0.25) is 14.9 Å². The molecule has 1 unspecified atom stereocenters. The topological polar surface area (TPSA) is 88.5 Å². The molecule has 1 atom stereocenters. The number of anilines is 1. The van der Waals surface area contributed by atoms with Gasteiger partial charge in [0.05, 0.1) is 17.6 Å². The van der Waals surface area contributed by atoms with Gasteiger partial charge in [-0.15, -0.1) is 0 Å². The molecule has 0 saturated heterocycles. The molecule has 0 radical (unpaired) electrons. The van der Waals surface area contributed by atoms with E-state index in [4.69, 9.17) is 5.10 Å². The number of aromatic nitrogens is 5. The average Bonchev–Trinajstić information content (AvgIpc) is 3.36. The van der Waals surface area contributed by atoms with Gasteiger partial charge in [0.15, 0.2) is 0 Å². The number of hydrogen-bond donors (Lipinski definition) is 2. The summed E-state index contributed by atoms with van der Waals surface area (Å²) in [4.78, 5) is 16.3. The largest absolute Gasteiger partial charge is 0.311 e. The summed E-state index contributed by atoms with van der Waals surface area (Å²) in [5.74, 6) is 0.502. The van der Waals surface area contributed by atoms with Crippen LogP contribution in [0.1, 0.15) is 23.5 Å². The number of carbonyl (C=O) groups excluding carboxylic acids is 1. The minimum Gasteiger partial charge on any atom is -0.311 e. The maximum Gasteiger partial charge on any atom is 0.226 e. The van der Waals surface area contributed by atoms with Crippen LogP contribution in [0.2, 0.25) is 0 Å². The molecule has 4 aromatic rings. The summed E-state index contributed by atoms with van der Waals surface area (Å²) in [7, 11) is 0. The van der Waals surface area contributed by atoms with E-state index in [1.54, 1.807) is 18.6 Å². The summed E-state index contributed by atoms with van der Waals surface area (Å²) in [6.45, 7) is 0. The quantitative estimate of drug-likeness (QED) is 0.590. The molecule has 3 aromatic heterocycles. The van der Waals surface area contributed by atoms with Gasteiger partial charge in [0.25, 0.3) is 0 Å². The highest BCUT2D eigenvalue weighted by Crippen LogP contribution is 2.40. The van der Waals surface area contributed by atoms with Crippen molar-refractivity contribution in [2.45, 2.75) is 12.3 Å². The number of amides is 1. The first-order valence-corrected chi connectivity index (χ1v) is 8.68. The smallest absolute Gasteiger partial charge is 0.226 e. The van der Waals surface area contributed by atoms with Gasteiger partial charge in [0, 0.05) is 47.6 Å². The van der Waals surface area contributed by atoms with Crippen LogP contribution < -0.4 is 5.32 Å². The van der Waals surface area contributed by atoms with Gasteiger partial charge >= 0.3 is 0 Å². The number of aromatic amines is 1. The lowest BCUT2D eigenvalue weighted by Crippen LogP contribution is -2.23. The number of para-hydroxylation sites is 1. The predicted molar refractivity (Wildman–Crippen MR) is 100 cm³/mol. The maximum absolute atomic E-state index is 12.2. The number of nitrogens with one attached hydrogen (secondary N) is 2. The standard InChI is InChI=1S/C20H16N6O/c27-18-10-15(16-11-22-24-20(16)23-18)17-12-26(14-4-2-1-3-5-14)25-19(17)13-6-8-21-9-7-13/h1-9,11-12,15H,10H2,(H2,22,23,24,27). The first kappa shape index (κ1) is 15.5. The molecule has 5 rings (SSSR count). The molecule has 4 heterocycles. The summed E-state index contributed by atoms with van der Waals surface area (Å²) in [6.07, 6.45) is 7.63. The fraction of sp³-hybridized carbons (Fsp3) is 0.100. The summed E-state index contributed by atoms with van der Waals surface area (Å²) < 4.78 is 1.86. The highest BCUT2D eigenvalue weighted by Gasteiger charge is 2.31. The first-order valence-electron chi connectivity index (χ1n) is 8.68. The number of pyridine rings is 1. The number of benzene rings is 1. The molecule has 27 heavy (non-hydrogen) atoms. The molecule has 0 saturated carbocycles. The minimum absolute atomic E-state index is 0.0371. The second-order valence-electron chi connectivity index (χ2n) is 6.45. The SMILES string of the molecule is O=C1CC(c2cn(-c3ccccc3)nc2-c2ccncc2)c2cn[nH]c2N1. The van der Waals surface area contributed by atoms with Gasteiger partial charge in [-0.05, 0) is 24.3 Å². The molecule has 7 heteroatoms. The Morgan fingerprint density at radius 1 is 1.04 bits per heavy atom. The Balaban J connectivity index is 1.70. The van der Waals surface area contributed by atoms with E-state index in [0.29, 0.717) is 12.2 Å². The summed E-state index contributed by atoms with van der Waals surface area (Å²) >= 11 is 0. The lowest BCUT2D eigenvalue weighted by atomic mass is 9.86. The zero-order chi connectivity index (χ0) is 18.2. The van der Waals surface area contributed by atoms with Crippen LogP contribution in [-0.2, 0) is 4.79 Å². The lowest BCUT2D eigenvalue weighted by molar-refractivity contribution is -0.116. The van der Waals surface area contributed by atoms with Crippen LogP contribution in [0.4, 0.5) is 5.82 Å². The highest BCUT2D eigenvalue weighted by molar-refractivity contribution is 5.94. The van der Waals surface area contributed by atoms with Gasteiger partial charge in [-0.25, -0.2) is 4.68 Å². The Morgan fingerprint density at radius 2 is 1.85 bits per heavy atom. The van der Waals surface area contributed by atoms with Gasteiger partial charge < -0.3 is 5.32 Å². The van der Waals surface area contributed by atoms with Crippen molar-refractivity contribution in [3.8, 4) is 16.9 Å². The zero-order valence-corrected chi connectivity index (χ0v) is 14.3. The molecule has 1 aliphatic heterocycles. The molecule has 1 aliphatic rings. The van der Waals surface area contributed by atoms with Gasteiger partial charge in [0.2, 0.25) is 5.91 Å². The molecule has 132 valence electrons. The molecular formula is C20H16N6O. The van der Waals surface area contributed by atoms with Gasteiger partial charge in [-0.2, -0.15) is 10.2 Å². The molecular weight excluding hydrogens is 340 g/mol. The number of nitrogens with zero attached hydrogens (tertiary/aromatic N) is 4. The third kappa shape index (κ3) is 2.69. The summed E-state index contributed by atoms with van der Waals surface area (Å²) in [5, 5.41) is 14.6. The van der Waals surface area contributed by atoms with Crippen molar-refractivity contribution in [3.05, 3.63) is 78.4 Å². The molecule has 0 fully saturated rings. The zero-order valence-electron chi connectivity index (χ0n) is 14.3. The van der Waals surface area contributed by atoms with Crippen molar-refractivity contribution >= 4 is 11.7 Å². The van der Waals surface area contributed by atoms with E-state index in [1.807, 2.05) is 53.3 Å². The van der Waals surface area contributed by atoms with Crippen LogP contribution in [0.25, 0.3) is 16.9 Å². The normalized spacial score (nSPS) is 16.0. The van der Waals surface area contributed by atoms with E-state index < -0.39 is 0 Å². The Labute approximate surface area is 155 Å². The third-order valence-corrected chi connectivity index (χ3v) is 4.79. The number of carbonyl (C=O) groups is 1. The molecule has 0 aliphatic carbocycles. The maximum atomic E-state index is 12.2. The van der Waals surface area contributed by atoms with Crippen molar-refractivity contribution in [2.24, 2.45) is 0 Å². The van der Waals surface area contributed by atoms with Crippen molar-refractivity contribution in [1.82, 2.24) is 25.0 Å². The third-order valence-electron chi connectivity index (χ3n) is 4.79. The molecule has 1 amide bonds. The van der Waals surface area contributed by atoms with E-state index in [2.05, 4.69) is 20.5 Å². The van der Waals surface area contributed by atoms with E-state index in [1.165, 1.54) is 0 Å². The van der Waals surface area contributed by atoms with Crippen LogP contribution in [0.3, 0.4) is 0 Å². The Bertz CT molecular complexity index is 1100. The Morgan fingerprint density at radius 3 is 2.67 bits per heavy atom. The minimum atomic E-state index is -0.117. The van der Waals surface area contributed by atoms with Gasteiger partial charge in [0.1, 0.15) is 5.82 Å². The monoisotopic (exact) mass is 356 g/mol. The Hall–Kier alpha value is -3.74. The molecule has 0 spiro atoms. The summed E-state index contributed by atoms with van der Waals surface area (Å²) in [6, 6.07) is 13.8. The summed E-state index contributed by atoms with van der Waals surface area (Å²) in [5.41, 5.74) is 4.73. The fourth-order valence-corrected chi connectivity index (χ4v) is 3.51. The van der Waals surface area contributed by atoms with Crippen LogP contribution in [0.15, 0.2) is 67.3 Å². The second-order valence-corrected chi connectivity index (χ2v) is 6.45. The lowest BCUT2D eigenvalue weighted by Gasteiger charge is -2.21. The van der Waals surface area contributed by atoms with Crippen molar-refractivity contribution < 1.29 is 4.79 Å². The fourth-order valence-electron chi connectivity index (χ4n) is 3.51. The molecule has 1 aromatic carbocycles. The molecule has 0 bridgehead atoms. The van der Waals surface area contributed by atoms with Crippen LogP contribution in [0.5, 0.6) is 0 Å². The van der Waals surface area contributed by atoms with E-state index >= 15 is 0 Å². The molecule has 7 nitrogen and oxygen atoms in total. The van der Waals surface area contributed by atoms with Gasteiger partial charge in [-0.1, -0.05) is 18.2 Å². The Kier molecular flexibility index (Phi) is 3.57. The van der Waals surface area contributed by atoms with E-state index in [0.717, 1.165) is 28.1 Å². The van der Waals surface area contributed by atoms with Crippen molar-refractivity contribution in [3.63, 3.8) is 0 Å². The van der Waals surface area contributed by atoms with Crippen molar-refractivity contribution in [1.29, 1.82) is 0 Å². The number of rotatable bonds is 3. The average molecular weight is 356 g/mol. The van der Waals surface area contributed by atoms with E-state index in [-0.39, 0.29) is 11.8 Å². The molecule has 2 N–H and O–H groups in total. The second kappa shape index (κ2) is 6.21. The number of hydrogen-bond acceptors (Lipinski definition) is 4. The first-order chi connectivity index (χ1) is 13.3.